The summed E-state index contributed by atoms with van der Waals surface area (Å²) in [7, 11) is 0. The molecule has 1 aromatic rings. The monoisotopic (exact) mass is 262 g/mol. The van der Waals surface area contributed by atoms with Crippen molar-refractivity contribution in [3.05, 3.63) is 30.1 Å². The van der Waals surface area contributed by atoms with Gasteiger partial charge < -0.3 is 0 Å². The van der Waals surface area contributed by atoms with Gasteiger partial charge in [0.25, 0.3) is 0 Å². The Morgan fingerprint density at radius 3 is 2.32 bits per heavy atom. The highest BCUT2D eigenvalue weighted by atomic mass is 14.9. The van der Waals surface area contributed by atoms with Gasteiger partial charge in [-0.2, -0.15) is 0 Å². The lowest BCUT2D eigenvalue weighted by molar-refractivity contribution is -0.697. The number of pyridine rings is 1. The van der Waals surface area contributed by atoms with E-state index in [1.807, 2.05) is 0 Å². The number of aromatic nitrogens is 1. The predicted molar refractivity (Wildman–Crippen MR) is 83.2 cm³/mol. The molecule has 108 valence electrons. The zero-order chi connectivity index (χ0) is 13.8. The van der Waals surface area contributed by atoms with Gasteiger partial charge in [-0.05, 0) is 25.3 Å². The summed E-state index contributed by atoms with van der Waals surface area (Å²) in [4.78, 5) is 0. The van der Waals surface area contributed by atoms with Crippen LogP contribution in [0.5, 0.6) is 0 Å². The summed E-state index contributed by atoms with van der Waals surface area (Å²) in [5.41, 5.74) is 1.50. The lowest BCUT2D eigenvalue weighted by atomic mass is 10.1. The maximum absolute atomic E-state index is 2.38. The average molecular weight is 262 g/mol. The van der Waals surface area contributed by atoms with Crippen molar-refractivity contribution in [2.24, 2.45) is 0 Å². The molecular formula is C18H32N+. The fraction of sp³-hybridized carbons (Fsp3) is 0.722. The number of rotatable bonds is 11. The van der Waals surface area contributed by atoms with Crippen LogP contribution in [0.1, 0.15) is 77.2 Å². The van der Waals surface area contributed by atoms with E-state index >= 15 is 0 Å². The zero-order valence-electron chi connectivity index (χ0n) is 13.0. The fourth-order valence-corrected chi connectivity index (χ4v) is 2.52. The second kappa shape index (κ2) is 11.0. The largest absolute Gasteiger partial charge is 0.205 e. The number of hydrogen-bond donors (Lipinski definition) is 0. The number of unbranched alkanes of at least 4 members (excludes halogenated alkanes) is 7. The molecule has 0 aliphatic rings. The predicted octanol–water partition coefficient (Wildman–Crippen LogP) is 5.07. The lowest BCUT2D eigenvalue weighted by Crippen LogP contribution is -2.33. The molecule has 0 radical (unpaired) electrons. The minimum Gasteiger partial charge on any atom is -0.205 e. The van der Waals surface area contributed by atoms with Gasteiger partial charge in [0.1, 0.15) is 6.54 Å². The van der Waals surface area contributed by atoms with Crippen LogP contribution in [0.15, 0.2) is 24.5 Å². The molecule has 0 saturated carbocycles. The van der Waals surface area contributed by atoms with Crippen LogP contribution in [0.4, 0.5) is 0 Å². The van der Waals surface area contributed by atoms with Crippen LogP contribution >= 0.6 is 0 Å². The van der Waals surface area contributed by atoms with Gasteiger partial charge in [0, 0.05) is 18.1 Å². The first kappa shape index (κ1) is 16.2. The van der Waals surface area contributed by atoms with E-state index in [1.165, 1.54) is 76.3 Å². The van der Waals surface area contributed by atoms with Crippen molar-refractivity contribution in [2.45, 2.75) is 84.6 Å². The van der Waals surface area contributed by atoms with Gasteiger partial charge in [-0.25, -0.2) is 4.57 Å². The third-order valence-electron chi connectivity index (χ3n) is 3.76. The molecule has 1 heterocycles. The molecule has 0 fully saturated rings. The molecule has 0 aromatic carbocycles. The second-order valence-corrected chi connectivity index (χ2v) is 5.67. The van der Waals surface area contributed by atoms with E-state index in [9.17, 15) is 0 Å². The van der Waals surface area contributed by atoms with Crippen molar-refractivity contribution in [3.8, 4) is 0 Å². The summed E-state index contributed by atoms with van der Waals surface area (Å²) in [5.74, 6) is 0. The molecule has 0 spiro atoms. The van der Waals surface area contributed by atoms with E-state index in [0.717, 1.165) is 0 Å². The van der Waals surface area contributed by atoms with E-state index in [0.29, 0.717) is 0 Å². The summed E-state index contributed by atoms with van der Waals surface area (Å²) in [6, 6.07) is 4.48. The molecule has 0 saturated heterocycles. The fourth-order valence-electron chi connectivity index (χ4n) is 2.52. The Bertz CT molecular complexity index is 319. The maximum Gasteiger partial charge on any atom is 0.171 e. The number of nitrogens with zero attached hydrogens (tertiary/aromatic N) is 1. The van der Waals surface area contributed by atoms with Crippen molar-refractivity contribution in [3.63, 3.8) is 0 Å². The Morgan fingerprint density at radius 1 is 0.842 bits per heavy atom. The van der Waals surface area contributed by atoms with Crippen molar-refractivity contribution in [1.29, 1.82) is 0 Å². The lowest BCUT2D eigenvalue weighted by Gasteiger charge is -2.02. The molecule has 0 bridgehead atoms. The molecule has 19 heavy (non-hydrogen) atoms. The first-order valence-corrected chi connectivity index (χ1v) is 8.34. The summed E-state index contributed by atoms with van der Waals surface area (Å²) >= 11 is 0. The van der Waals surface area contributed by atoms with Crippen molar-refractivity contribution >= 4 is 0 Å². The summed E-state index contributed by atoms with van der Waals surface area (Å²) < 4.78 is 2.38. The van der Waals surface area contributed by atoms with E-state index < -0.39 is 0 Å². The van der Waals surface area contributed by atoms with Gasteiger partial charge in [0.15, 0.2) is 12.4 Å². The van der Waals surface area contributed by atoms with Gasteiger partial charge in [-0.1, -0.05) is 52.4 Å². The number of aryl methyl sites for hydroxylation is 2. The summed E-state index contributed by atoms with van der Waals surface area (Å²) in [6.07, 6.45) is 18.1. The molecular weight excluding hydrogens is 230 g/mol. The molecule has 0 unspecified atom stereocenters. The summed E-state index contributed by atoms with van der Waals surface area (Å²) in [5, 5.41) is 0. The average Bonchev–Trinajstić information content (AvgIpc) is 2.43. The van der Waals surface area contributed by atoms with Crippen LogP contribution in [0.25, 0.3) is 0 Å². The Kier molecular flexibility index (Phi) is 9.40. The quantitative estimate of drug-likeness (QED) is 0.387. The highest BCUT2D eigenvalue weighted by molar-refractivity contribution is 5.05. The van der Waals surface area contributed by atoms with Gasteiger partial charge >= 0.3 is 0 Å². The molecule has 0 atom stereocenters. The SMILES string of the molecule is CCCCCCCC[n+]1cccc(CCCCC)c1. The Morgan fingerprint density at radius 2 is 1.53 bits per heavy atom. The first-order valence-electron chi connectivity index (χ1n) is 8.34. The highest BCUT2D eigenvalue weighted by Gasteiger charge is 2.02. The topological polar surface area (TPSA) is 3.88 Å². The molecule has 0 N–H and O–H groups in total. The van der Waals surface area contributed by atoms with Crippen LogP contribution < -0.4 is 4.57 Å². The van der Waals surface area contributed by atoms with Crippen LogP contribution in [0.3, 0.4) is 0 Å². The van der Waals surface area contributed by atoms with Crippen LogP contribution in [-0.2, 0) is 13.0 Å². The minimum atomic E-state index is 1.19. The smallest absolute Gasteiger partial charge is 0.171 e. The highest BCUT2D eigenvalue weighted by Crippen LogP contribution is 2.06. The molecule has 1 heteroatoms. The van der Waals surface area contributed by atoms with E-state index in [1.54, 1.807) is 0 Å². The molecule has 0 amide bonds. The Labute approximate surface area is 120 Å². The van der Waals surface area contributed by atoms with Crippen LogP contribution in [0, 0.1) is 0 Å². The third-order valence-corrected chi connectivity index (χ3v) is 3.76. The van der Waals surface area contributed by atoms with Gasteiger partial charge in [-0.3, -0.25) is 0 Å². The van der Waals surface area contributed by atoms with E-state index in [-0.39, 0.29) is 0 Å². The van der Waals surface area contributed by atoms with E-state index in [2.05, 4.69) is 42.9 Å². The van der Waals surface area contributed by atoms with Crippen molar-refractivity contribution in [2.75, 3.05) is 0 Å². The minimum absolute atomic E-state index is 1.19. The van der Waals surface area contributed by atoms with Gasteiger partial charge in [0.2, 0.25) is 0 Å². The molecule has 0 aliphatic carbocycles. The standard InChI is InChI=1S/C18H32N/c1-3-5-7-8-9-11-15-19-16-12-14-18(17-19)13-10-6-4-2/h12,14,16-17H,3-11,13,15H2,1-2H3/q+1. The van der Waals surface area contributed by atoms with Gasteiger partial charge in [0.05, 0.1) is 0 Å². The molecule has 1 rings (SSSR count). The normalized spacial score (nSPS) is 10.8. The second-order valence-electron chi connectivity index (χ2n) is 5.67. The molecule has 1 aromatic heterocycles. The zero-order valence-corrected chi connectivity index (χ0v) is 13.0. The maximum atomic E-state index is 2.38. The van der Waals surface area contributed by atoms with Crippen molar-refractivity contribution < 1.29 is 4.57 Å². The van der Waals surface area contributed by atoms with Crippen LogP contribution in [0.2, 0.25) is 0 Å². The Balaban J connectivity index is 2.20. The number of hydrogen-bond acceptors (Lipinski definition) is 0. The van der Waals surface area contributed by atoms with Crippen molar-refractivity contribution in [1.82, 2.24) is 0 Å². The van der Waals surface area contributed by atoms with E-state index in [4.69, 9.17) is 0 Å². The molecule has 0 aliphatic heterocycles. The summed E-state index contributed by atoms with van der Waals surface area (Å²) in [6.45, 7) is 5.73. The first-order chi connectivity index (χ1) is 9.36. The third kappa shape index (κ3) is 8.02. The Hall–Kier alpha value is -0.850. The van der Waals surface area contributed by atoms with Crippen LogP contribution in [-0.4, -0.2) is 0 Å². The van der Waals surface area contributed by atoms with Gasteiger partial charge in [-0.15, -0.1) is 0 Å². The molecule has 1 nitrogen and oxygen atoms in total.